The molecular weight excluding hydrogens is 862 g/mol. The van der Waals surface area contributed by atoms with Crippen molar-refractivity contribution in [3.8, 4) is 0 Å². The number of piperidine rings is 1. The van der Waals surface area contributed by atoms with Crippen LogP contribution in [0.4, 0.5) is 5.69 Å². The number of benzene rings is 3. The van der Waals surface area contributed by atoms with Gasteiger partial charge >= 0.3 is 5.97 Å². The second-order valence-electron chi connectivity index (χ2n) is 17.7. The summed E-state index contributed by atoms with van der Waals surface area (Å²) in [5.41, 5.74) is 5.18. The lowest BCUT2D eigenvalue weighted by Crippen LogP contribution is -2.54. The number of anilines is 1. The van der Waals surface area contributed by atoms with Crippen molar-refractivity contribution in [2.24, 2.45) is 0 Å². The molecule has 0 aliphatic carbocycles. The molecule has 15 nitrogen and oxygen atoms in total. The fourth-order valence-electron chi connectivity index (χ4n) is 10.1. The third-order valence-corrected chi connectivity index (χ3v) is 13.8. The van der Waals surface area contributed by atoms with Crippen LogP contribution in [0.5, 0.6) is 0 Å². The Balaban J connectivity index is 0.718. The van der Waals surface area contributed by atoms with E-state index in [0.29, 0.717) is 42.9 Å². The Morgan fingerprint density at radius 3 is 2.20 bits per heavy atom. The van der Waals surface area contributed by atoms with Gasteiger partial charge in [0.15, 0.2) is 0 Å². The van der Waals surface area contributed by atoms with Crippen LogP contribution in [0.25, 0.3) is 10.9 Å². The van der Waals surface area contributed by atoms with E-state index >= 15 is 0 Å². The number of carbonyl (C=O) groups excluding carboxylic acids is 7. The molecule has 0 bridgehead atoms. The first kappa shape index (κ1) is 46.5. The molecule has 3 aromatic carbocycles. The van der Waals surface area contributed by atoms with Crippen molar-refractivity contribution >= 4 is 69.6 Å². The number of alkyl halides is 1. The van der Waals surface area contributed by atoms with Crippen molar-refractivity contribution in [3.05, 3.63) is 100 Å². The van der Waals surface area contributed by atoms with Crippen molar-refractivity contribution in [1.82, 2.24) is 29.9 Å². The van der Waals surface area contributed by atoms with E-state index in [1.807, 2.05) is 53.4 Å². The van der Waals surface area contributed by atoms with Crippen LogP contribution in [0.2, 0.25) is 0 Å². The van der Waals surface area contributed by atoms with Crippen LogP contribution in [0.1, 0.15) is 125 Å². The minimum Gasteiger partial charge on any atom is -0.467 e. The number of carbonyl (C=O) groups is 7. The van der Waals surface area contributed by atoms with Gasteiger partial charge in [-0.05, 0) is 67.3 Å². The average Bonchev–Trinajstić information content (AvgIpc) is 3.84. The summed E-state index contributed by atoms with van der Waals surface area (Å²) in [6.45, 7) is 4.66. The monoisotopic (exact) mass is 919 g/mol. The topological polar surface area (TPSA) is 182 Å². The predicted octanol–water partition coefficient (Wildman–Crippen LogP) is 6.20. The van der Waals surface area contributed by atoms with Crippen LogP contribution in [-0.2, 0) is 30.3 Å². The highest BCUT2D eigenvalue weighted by Crippen LogP contribution is 2.41. The number of imide groups is 2. The molecule has 16 heteroatoms. The van der Waals surface area contributed by atoms with Gasteiger partial charge in [0, 0.05) is 73.4 Å². The number of fused-ring (bicyclic) bond motifs is 4. The quantitative estimate of drug-likeness (QED) is 0.0450. The van der Waals surface area contributed by atoms with Gasteiger partial charge in [-0.15, -0.1) is 11.6 Å². The molecule has 4 aromatic rings. The molecule has 0 saturated carbocycles. The molecule has 1 unspecified atom stereocenters. The fraction of sp³-hybridized carbons (Fsp3) is 0.460. The molecular formula is C50H58ClN7O8. The Morgan fingerprint density at radius 2 is 1.50 bits per heavy atom. The summed E-state index contributed by atoms with van der Waals surface area (Å²) < 4.78 is 5.16. The molecule has 5 heterocycles. The maximum atomic E-state index is 13.7. The van der Waals surface area contributed by atoms with E-state index < -0.39 is 47.7 Å². The summed E-state index contributed by atoms with van der Waals surface area (Å²) in [7, 11) is 1.32. The number of piperazine rings is 1. The lowest BCUT2D eigenvalue weighted by atomic mass is 9.87. The number of esters is 1. The summed E-state index contributed by atoms with van der Waals surface area (Å²) in [4.78, 5) is 101. The van der Waals surface area contributed by atoms with E-state index in [-0.39, 0.29) is 36.1 Å². The van der Waals surface area contributed by atoms with Gasteiger partial charge < -0.3 is 24.8 Å². The minimum atomic E-state index is -0.981. The number of para-hydroxylation sites is 1. The maximum absolute atomic E-state index is 13.7. The molecule has 6 amide bonds. The second kappa shape index (κ2) is 21.1. The molecule has 3 atom stereocenters. The molecule has 8 rings (SSSR count). The van der Waals surface area contributed by atoms with Gasteiger partial charge in [-0.3, -0.25) is 43.9 Å². The van der Waals surface area contributed by atoms with Gasteiger partial charge in [-0.2, -0.15) is 0 Å². The van der Waals surface area contributed by atoms with E-state index in [4.69, 9.17) is 16.3 Å². The maximum Gasteiger partial charge on any atom is 0.328 e. The van der Waals surface area contributed by atoms with Crippen molar-refractivity contribution in [1.29, 1.82) is 0 Å². The Bertz CT molecular complexity index is 2480. The standard InChI is InChI=1S/C50H58ClN7O8/c1-66-50(65)40-30-36-34-14-9-10-16-37(34)53-44(36)45(57(40)42(60)31-51)32-18-20-33(21-19-32)47(62)56-28-26-55(27-29-56)25-12-8-6-4-2-3-5-7-11-24-52-38-17-13-15-35-43(38)49(64)58(48(35)63)39-22-23-41(59)54-46(39)61/h9-10,13-21,39-40,45,52-53H,2-8,11-12,22-31H2,1H3,(H,54,59,61)/t39?,40-,45+/m1/s1. The highest BCUT2D eigenvalue weighted by molar-refractivity contribution is 6.27. The fourth-order valence-corrected chi connectivity index (χ4v) is 10.2. The second-order valence-corrected chi connectivity index (χ2v) is 18.0. The van der Waals surface area contributed by atoms with Gasteiger partial charge in [0.1, 0.15) is 18.0 Å². The number of ether oxygens (including phenoxy) is 1. The molecule has 0 spiro atoms. The van der Waals surface area contributed by atoms with Crippen LogP contribution in [0, 0.1) is 0 Å². The van der Waals surface area contributed by atoms with E-state index in [9.17, 15) is 33.6 Å². The Hall–Kier alpha value is -6.06. The van der Waals surface area contributed by atoms with Crippen LogP contribution in [0.15, 0.2) is 66.7 Å². The lowest BCUT2D eigenvalue weighted by molar-refractivity contribution is -0.154. The van der Waals surface area contributed by atoms with Crippen molar-refractivity contribution < 1.29 is 38.3 Å². The van der Waals surface area contributed by atoms with E-state index in [0.717, 1.165) is 77.9 Å². The zero-order valence-corrected chi connectivity index (χ0v) is 38.2. The van der Waals surface area contributed by atoms with Gasteiger partial charge in [0.2, 0.25) is 17.7 Å². The number of nitrogens with one attached hydrogen (secondary N) is 3. The number of rotatable bonds is 18. The molecule has 3 N–H and O–H groups in total. The third kappa shape index (κ3) is 9.73. The Labute approximate surface area is 389 Å². The van der Waals surface area contributed by atoms with Crippen LogP contribution in [-0.4, -0.2) is 130 Å². The first-order valence-electron chi connectivity index (χ1n) is 23.3. The van der Waals surface area contributed by atoms with Crippen LogP contribution >= 0.6 is 11.6 Å². The number of nitrogens with zero attached hydrogens (tertiary/aromatic N) is 4. The van der Waals surface area contributed by atoms with Crippen molar-refractivity contribution in [2.45, 2.75) is 95.2 Å². The molecule has 66 heavy (non-hydrogen) atoms. The number of hydrogen-bond acceptors (Lipinski definition) is 10. The zero-order valence-electron chi connectivity index (χ0n) is 37.5. The van der Waals surface area contributed by atoms with Crippen LogP contribution in [0.3, 0.4) is 0 Å². The number of aromatic nitrogens is 1. The summed E-state index contributed by atoms with van der Waals surface area (Å²) in [6.07, 6.45) is 10.7. The molecule has 4 aliphatic heterocycles. The molecule has 2 fully saturated rings. The Kier molecular flexibility index (Phi) is 14.8. The summed E-state index contributed by atoms with van der Waals surface area (Å²) in [5.74, 6) is -3.22. The normalized spacial score (nSPS) is 19.8. The minimum absolute atomic E-state index is 0.0258. The number of halogens is 1. The number of unbranched alkanes of at least 4 members (excludes halogenated alkanes) is 8. The number of amides is 6. The number of H-pyrrole nitrogens is 1. The number of hydrogen-bond donors (Lipinski definition) is 3. The summed E-state index contributed by atoms with van der Waals surface area (Å²) >= 11 is 6.11. The molecule has 348 valence electrons. The molecule has 0 radical (unpaired) electrons. The largest absolute Gasteiger partial charge is 0.467 e. The van der Waals surface area contributed by atoms with Gasteiger partial charge in [-0.1, -0.05) is 81.3 Å². The van der Waals surface area contributed by atoms with E-state index in [1.54, 1.807) is 18.2 Å². The van der Waals surface area contributed by atoms with Gasteiger partial charge in [0.25, 0.3) is 17.7 Å². The third-order valence-electron chi connectivity index (χ3n) is 13.6. The van der Waals surface area contributed by atoms with Crippen molar-refractivity contribution in [2.75, 3.05) is 57.6 Å². The SMILES string of the molecule is COC(=O)[C@H]1Cc2c([nH]c3ccccc23)[C@H](c2ccc(C(=O)N3CCN(CCCCCCCCCCCNc4cccc5c4C(=O)N(C4CCC(=O)NC4=O)C5=O)CC3)cc2)N1C(=O)CCl. The Morgan fingerprint density at radius 1 is 0.803 bits per heavy atom. The summed E-state index contributed by atoms with van der Waals surface area (Å²) in [6, 6.07) is 17.9. The number of methoxy groups -OCH3 is 1. The van der Waals surface area contributed by atoms with Crippen LogP contribution < -0.4 is 10.6 Å². The van der Waals surface area contributed by atoms with Crippen molar-refractivity contribution in [3.63, 3.8) is 0 Å². The molecule has 4 aliphatic rings. The molecule has 2 saturated heterocycles. The lowest BCUT2D eigenvalue weighted by Gasteiger charge is -2.40. The average molecular weight is 921 g/mol. The first-order valence-corrected chi connectivity index (χ1v) is 23.9. The van der Waals surface area contributed by atoms with E-state index in [1.165, 1.54) is 44.1 Å². The van der Waals surface area contributed by atoms with Gasteiger partial charge in [-0.25, -0.2) is 4.79 Å². The highest BCUT2D eigenvalue weighted by Gasteiger charge is 2.46. The van der Waals surface area contributed by atoms with E-state index in [2.05, 4.69) is 20.5 Å². The molecule has 1 aromatic heterocycles. The smallest absolute Gasteiger partial charge is 0.328 e. The summed E-state index contributed by atoms with van der Waals surface area (Å²) in [5, 5.41) is 6.55. The highest BCUT2D eigenvalue weighted by atomic mass is 35.5. The van der Waals surface area contributed by atoms with Gasteiger partial charge in [0.05, 0.1) is 24.3 Å². The number of aromatic amines is 1. The first-order chi connectivity index (χ1) is 32.1. The predicted molar refractivity (Wildman–Crippen MR) is 249 cm³/mol. The zero-order chi connectivity index (χ0) is 46.3.